The van der Waals surface area contributed by atoms with E-state index in [-0.39, 0.29) is 6.61 Å². The van der Waals surface area contributed by atoms with E-state index in [9.17, 15) is 0 Å². The molecule has 0 saturated carbocycles. The third-order valence-electron chi connectivity index (χ3n) is 1.72. The number of aromatic nitrogens is 2. The van der Waals surface area contributed by atoms with Gasteiger partial charge in [-0.25, -0.2) is 9.97 Å². The molecule has 2 N–H and O–H groups in total. The zero-order valence-corrected chi connectivity index (χ0v) is 9.97. The minimum atomic E-state index is 0.233. The summed E-state index contributed by atoms with van der Waals surface area (Å²) in [5, 5.41) is 12.7. The number of anilines is 1. The van der Waals surface area contributed by atoms with Crippen LogP contribution in [-0.2, 0) is 0 Å². The molecule has 0 spiro atoms. The van der Waals surface area contributed by atoms with Crippen LogP contribution in [0.4, 0.5) is 5.95 Å². The van der Waals surface area contributed by atoms with Gasteiger partial charge in [-0.15, -0.1) is 11.8 Å². The van der Waals surface area contributed by atoms with E-state index < -0.39 is 0 Å². The maximum Gasteiger partial charge on any atom is 0.223 e. The van der Waals surface area contributed by atoms with Gasteiger partial charge in [0.2, 0.25) is 5.95 Å². The van der Waals surface area contributed by atoms with Crippen molar-refractivity contribution in [1.82, 2.24) is 9.97 Å². The number of hydrogen-bond donors (Lipinski definition) is 2. The van der Waals surface area contributed by atoms with Crippen LogP contribution in [0.2, 0.25) is 0 Å². The van der Waals surface area contributed by atoms with Crippen LogP contribution < -0.4 is 5.32 Å². The van der Waals surface area contributed by atoms with Gasteiger partial charge in [-0.2, -0.15) is 0 Å². The average Bonchev–Trinajstić information content (AvgIpc) is 2.18. The fraction of sp³-hybridized carbons (Fsp3) is 0.600. The summed E-state index contributed by atoms with van der Waals surface area (Å²) in [5.41, 5.74) is 0.965. The summed E-state index contributed by atoms with van der Waals surface area (Å²) in [6.07, 6.45) is 0.796. The lowest BCUT2D eigenvalue weighted by atomic mass is 10.5. The van der Waals surface area contributed by atoms with Gasteiger partial charge in [-0.3, -0.25) is 0 Å². The standard InChI is InChI=1S/C10H17N3OS/c1-3-11-10-12-8(2)7-9(13-10)15-6-4-5-14/h7,14H,3-6H2,1-2H3,(H,11,12,13). The highest BCUT2D eigenvalue weighted by Gasteiger charge is 2.01. The highest BCUT2D eigenvalue weighted by atomic mass is 32.2. The summed E-state index contributed by atoms with van der Waals surface area (Å²) in [4.78, 5) is 8.62. The van der Waals surface area contributed by atoms with Crippen molar-refractivity contribution in [3.8, 4) is 0 Å². The lowest BCUT2D eigenvalue weighted by Crippen LogP contribution is -2.03. The van der Waals surface area contributed by atoms with E-state index in [1.165, 1.54) is 0 Å². The van der Waals surface area contributed by atoms with Crippen molar-refractivity contribution in [3.05, 3.63) is 11.8 Å². The van der Waals surface area contributed by atoms with E-state index in [4.69, 9.17) is 5.11 Å². The quantitative estimate of drug-likeness (QED) is 0.440. The Balaban J connectivity index is 2.62. The van der Waals surface area contributed by atoms with E-state index >= 15 is 0 Å². The number of nitrogens with zero attached hydrogens (tertiary/aromatic N) is 2. The minimum absolute atomic E-state index is 0.233. The predicted molar refractivity (Wildman–Crippen MR) is 63.4 cm³/mol. The normalized spacial score (nSPS) is 10.3. The number of rotatable bonds is 6. The van der Waals surface area contributed by atoms with Crippen molar-refractivity contribution in [2.75, 3.05) is 24.2 Å². The van der Waals surface area contributed by atoms with Crippen LogP contribution in [-0.4, -0.2) is 34.0 Å². The second-order valence-electron chi connectivity index (χ2n) is 3.13. The number of aryl methyl sites for hydroxylation is 1. The zero-order valence-electron chi connectivity index (χ0n) is 9.16. The van der Waals surface area contributed by atoms with Gasteiger partial charge in [0.1, 0.15) is 5.03 Å². The summed E-state index contributed by atoms with van der Waals surface area (Å²) < 4.78 is 0. The smallest absolute Gasteiger partial charge is 0.223 e. The molecule has 0 saturated heterocycles. The molecule has 0 atom stereocenters. The molecule has 84 valence electrons. The van der Waals surface area contributed by atoms with E-state index in [0.29, 0.717) is 5.95 Å². The largest absolute Gasteiger partial charge is 0.396 e. The van der Waals surface area contributed by atoms with Crippen LogP contribution in [0.25, 0.3) is 0 Å². The van der Waals surface area contributed by atoms with Gasteiger partial charge in [-0.1, -0.05) is 0 Å². The van der Waals surface area contributed by atoms with Gasteiger partial charge in [0, 0.05) is 24.6 Å². The Morgan fingerprint density at radius 2 is 2.27 bits per heavy atom. The van der Waals surface area contributed by atoms with Gasteiger partial charge < -0.3 is 10.4 Å². The molecular formula is C10H17N3OS. The second-order valence-corrected chi connectivity index (χ2v) is 4.24. The number of nitrogens with one attached hydrogen (secondary N) is 1. The molecule has 1 aromatic heterocycles. The molecule has 1 aromatic rings. The molecular weight excluding hydrogens is 210 g/mol. The maximum atomic E-state index is 8.68. The molecule has 0 amide bonds. The van der Waals surface area contributed by atoms with E-state index in [2.05, 4.69) is 15.3 Å². The lowest BCUT2D eigenvalue weighted by Gasteiger charge is -2.05. The molecule has 0 bridgehead atoms. The van der Waals surface area contributed by atoms with Crippen LogP contribution >= 0.6 is 11.8 Å². The van der Waals surface area contributed by atoms with Gasteiger partial charge in [0.05, 0.1) is 0 Å². The summed E-state index contributed by atoms with van der Waals surface area (Å²) in [7, 11) is 0. The number of thioether (sulfide) groups is 1. The van der Waals surface area contributed by atoms with Crippen molar-refractivity contribution in [2.24, 2.45) is 0 Å². The van der Waals surface area contributed by atoms with Gasteiger partial charge in [-0.05, 0) is 26.3 Å². The Labute approximate surface area is 94.5 Å². The third kappa shape index (κ3) is 4.48. The van der Waals surface area contributed by atoms with E-state index in [1.807, 2.05) is 19.9 Å². The predicted octanol–water partition coefficient (Wildman–Crippen LogP) is 1.69. The van der Waals surface area contributed by atoms with Crippen LogP contribution in [0.5, 0.6) is 0 Å². The topological polar surface area (TPSA) is 58.0 Å². The van der Waals surface area contributed by atoms with Gasteiger partial charge in [0.15, 0.2) is 0 Å². The van der Waals surface area contributed by atoms with Crippen molar-refractivity contribution in [1.29, 1.82) is 0 Å². The number of aliphatic hydroxyl groups is 1. The summed E-state index contributed by atoms with van der Waals surface area (Å²) in [6.45, 7) is 5.03. The molecule has 0 aliphatic heterocycles. The molecule has 0 unspecified atom stereocenters. The Hall–Kier alpha value is -0.810. The van der Waals surface area contributed by atoms with Crippen LogP contribution in [0, 0.1) is 6.92 Å². The fourth-order valence-electron chi connectivity index (χ4n) is 1.09. The highest BCUT2D eigenvalue weighted by molar-refractivity contribution is 7.99. The summed E-state index contributed by atoms with van der Waals surface area (Å²) in [5.74, 6) is 1.57. The van der Waals surface area contributed by atoms with E-state index in [0.717, 1.165) is 29.4 Å². The Kier molecular flexibility index (Phi) is 5.42. The molecule has 0 aliphatic carbocycles. The van der Waals surface area contributed by atoms with E-state index in [1.54, 1.807) is 11.8 Å². The Bertz CT molecular complexity index is 307. The molecule has 15 heavy (non-hydrogen) atoms. The monoisotopic (exact) mass is 227 g/mol. The first-order valence-corrected chi connectivity index (χ1v) is 6.08. The fourth-order valence-corrected chi connectivity index (χ4v) is 1.98. The highest BCUT2D eigenvalue weighted by Crippen LogP contribution is 2.18. The molecule has 0 aromatic carbocycles. The van der Waals surface area contributed by atoms with Gasteiger partial charge >= 0.3 is 0 Å². The molecule has 1 rings (SSSR count). The van der Waals surface area contributed by atoms with Crippen molar-refractivity contribution < 1.29 is 5.11 Å². The number of aliphatic hydroxyl groups excluding tert-OH is 1. The van der Waals surface area contributed by atoms with Crippen LogP contribution in [0.15, 0.2) is 11.1 Å². The molecule has 1 heterocycles. The Morgan fingerprint density at radius 3 is 2.93 bits per heavy atom. The first-order valence-electron chi connectivity index (χ1n) is 5.09. The zero-order chi connectivity index (χ0) is 11.1. The molecule has 4 nitrogen and oxygen atoms in total. The third-order valence-corrected chi connectivity index (χ3v) is 2.72. The second kappa shape index (κ2) is 6.63. The maximum absolute atomic E-state index is 8.68. The van der Waals surface area contributed by atoms with Crippen LogP contribution in [0.3, 0.4) is 0 Å². The number of hydrogen-bond acceptors (Lipinski definition) is 5. The molecule has 0 aliphatic rings. The first-order chi connectivity index (χ1) is 7.26. The van der Waals surface area contributed by atoms with Crippen molar-refractivity contribution >= 4 is 17.7 Å². The summed E-state index contributed by atoms with van der Waals surface area (Å²) in [6, 6.07) is 1.96. The average molecular weight is 227 g/mol. The molecule has 0 fully saturated rings. The SMILES string of the molecule is CCNc1nc(C)cc(SCCCO)n1. The lowest BCUT2D eigenvalue weighted by molar-refractivity contribution is 0.296. The van der Waals surface area contributed by atoms with Crippen LogP contribution in [0.1, 0.15) is 19.0 Å². The molecule has 0 radical (unpaired) electrons. The van der Waals surface area contributed by atoms with Crippen molar-refractivity contribution in [3.63, 3.8) is 0 Å². The van der Waals surface area contributed by atoms with Gasteiger partial charge in [0.25, 0.3) is 0 Å². The molecule has 5 heteroatoms. The summed E-state index contributed by atoms with van der Waals surface area (Å²) >= 11 is 1.65. The Morgan fingerprint density at radius 1 is 1.47 bits per heavy atom. The first kappa shape index (κ1) is 12.3. The minimum Gasteiger partial charge on any atom is -0.396 e. The van der Waals surface area contributed by atoms with Crippen molar-refractivity contribution in [2.45, 2.75) is 25.3 Å².